The lowest BCUT2D eigenvalue weighted by Crippen LogP contribution is -2.35. The molecule has 5 rings (SSSR count). The van der Waals surface area contributed by atoms with Crippen molar-refractivity contribution in [2.24, 2.45) is 0 Å². The van der Waals surface area contributed by atoms with Gasteiger partial charge in [0, 0.05) is 28.7 Å². The zero-order valence-corrected chi connectivity index (χ0v) is 24.0. The van der Waals surface area contributed by atoms with Crippen molar-refractivity contribution in [1.29, 1.82) is 0 Å². The van der Waals surface area contributed by atoms with Crippen molar-refractivity contribution in [3.05, 3.63) is 98.7 Å². The number of rotatable bonds is 8. The molecular formula is C31H29Cl2N3O5. The molecule has 2 aliphatic heterocycles. The Labute approximate surface area is 248 Å². The van der Waals surface area contributed by atoms with E-state index >= 15 is 0 Å². The molecule has 10 heteroatoms. The average molecular weight is 594 g/mol. The van der Waals surface area contributed by atoms with Gasteiger partial charge in [-0.15, -0.1) is 0 Å². The number of hydrogen-bond donors (Lipinski definition) is 1. The van der Waals surface area contributed by atoms with E-state index in [0.717, 1.165) is 36.4 Å². The fourth-order valence-electron chi connectivity index (χ4n) is 4.78. The summed E-state index contributed by atoms with van der Waals surface area (Å²) in [6.07, 6.45) is 4.86. The molecule has 0 unspecified atom stereocenters. The maximum absolute atomic E-state index is 13.0. The lowest BCUT2D eigenvalue weighted by Gasteiger charge is -2.26. The van der Waals surface area contributed by atoms with E-state index in [1.165, 1.54) is 13.5 Å². The van der Waals surface area contributed by atoms with Gasteiger partial charge in [-0.2, -0.15) is 0 Å². The molecule has 0 aliphatic carbocycles. The summed E-state index contributed by atoms with van der Waals surface area (Å²) in [5.41, 5.74) is 2.97. The van der Waals surface area contributed by atoms with E-state index in [0.29, 0.717) is 38.2 Å². The second-order valence-corrected chi connectivity index (χ2v) is 10.7. The maximum atomic E-state index is 13.0. The number of amides is 4. The van der Waals surface area contributed by atoms with Crippen molar-refractivity contribution in [2.75, 3.05) is 20.2 Å². The van der Waals surface area contributed by atoms with Crippen LogP contribution in [0.2, 0.25) is 10.0 Å². The largest absolute Gasteiger partial charge is 0.493 e. The Balaban J connectivity index is 1.23. The predicted octanol–water partition coefficient (Wildman–Crippen LogP) is 6.30. The van der Waals surface area contributed by atoms with Gasteiger partial charge in [-0.25, -0.2) is 4.79 Å². The van der Waals surface area contributed by atoms with E-state index in [1.54, 1.807) is 42.5 Å². The number of imide groups is 1. The van der Waals surface area contributed by atoms with Gasteiger partial charge in [-0.05, 0) is 78.4 Å². The van der Waals surface area contributed by atoms with Crippen molar-refractivity contribution in [3.63, 3.8) is 0 Å². The van der Waals surface area contributed by atoms with Crippen molar-refractivity contribution in [3.8, 4) is 11.5 Å². The first kappa shape index (κ1) is 28.5. The number of likely N-dealkylation sites (tertiary alicyclic amines) is 1. The number of hydrogen-bond acceptors (Lipinski definition) is 5. The molecule has 0 saturated carbocycles. The molecule has 2 fully saturated rings. The van der Waals surface area contributed by atoms with E-state index in [2.05, 4.69) is 5.32 Å². The summed E-state index contributed by atoms with van der Waals surface area (Å²) in [6.45, 7) is 1.92. The van der Waals surface area contributed by atoms with Crippen LogP contribution in [0.4, 0.5) is 4.79 Å². The first-order valence-electron chi connectivity index (χ1n) is 13.3. The van der Waals surface area contributed by atoms with Gasteiger partial charge in [0.2, 0.25) is 0 Å². The van der Waals surface area contributed by atoms with E-state index in [4.69, 9.17) is 32.7 Å². The number of carbonyl (C=O) groups is 3. The Morgan fingerprint density at radius 2 is 1.71 bits per heavy atom. The van der Waals surface area contributed by atoms with Crippen LogP contribution in [-0.4, -0.2) is 47.8 Å². The number of urea groups is 1. The standard InChI is InChI=1S/C31H29Cl2N3O5/c1-40-28-16-21(15-26-30(38)36(31(39)34-26)18-23-10-11-24(32)17-25(23)33)7-12-27(28)41-19-20-5-8-22(9-6-20)29(37)35-13-3-2-4-14-35/h5-12,15-17H,2-4,13-14,18-19H2,1H3,(H,34,39)/b26-15-. The number of methoxy groups -OCH3 is 1. The molecule has 2 heterocycles. The zero-order chi connectivity index (χ0) is 28.9. The highest BCUT2D eigenvalue weighted by atomic mass is 35.5. The SMILES string of the molecule is COc1cc(/C=C2\NC(=O)N(Cc3ccc(Cl)cc3Cl)C2=O)ccc1OCc1ccc(C(=O)N2CCCCC2)cc1. The monoisotopic (exact) mass is 593 g/mol. The normalized spacial score (nSPS) is 16.2. The van der Waals surface area contributed by atoms with Crippen LogP contribution in [0.1, 0.15) is 46.3 Å². The summed E-state index contributed by atoms with van der Waals surface area (Å²) in [7, 11) is 1.53. The first-order valence-corrected chi connectivity index (χ1v) is 14.1. The highest BCUT2D eigenvalue weighted by Crippen LogP contribution is 2.31. The van der Waals surface area contributed by atoms with Gasteiger partial charge < -0.3 is 19.7 Å². The lowest BCUT2D eigenvalue weighted by atomic mass is 10.1. The number of halogens is 2. The number of nitrogens with zero attached hydrogens (tertiary/aromatic N) is 2. The van der Waals surface area contributed by atoms with Crippen LogP contribution >= 0.6 is 23.2 Å². The van der Waals surface area contributed by atoms with Gasteiger partial charge in [0.1, 0.15) is 12.3 Å². The minimum absolute atomic E-state index is 0.0154. The topological polar surface area (TPSA) is 88.2 Å². The second-order valence-electron chi connectivity index (χ2n) is 9.86. The fourth-order valence-corrected chi connectivity index (χ4v) is 5.25. The van der Waals surface area contributed by atoms with Crippen molar-refractivity contribution in [1.82, 2.24) is 15.1 Å². The van der Waals surface area contributed by atoms with Crippen LogP contribution in [0, 0.1) is 0 Å². The molecule has 2 saturated heterocycles. The smallest absolute Gasteiger partial charge is 0.329 e. The Bertz CT molecular complexity index is 1500. The summed E-state index contributed by atoms with van der Waals surface area (Å²) < 4.78 is 11.5. The molecule has 8 nitrogen and oxygen atoms in total. The fraction of sp³-hybridized carbons (Fsp3) is 0.258. The van der Waals surface area contributed by atoms with Gasteiger partial charge in [0.25, 0.3) is 11.8 Å². The van der Waals surface area contributed by atoms with Crippen LogP contribution in [-0.2, 0) is 17.9 Å². The number of benzene rings is 3. The number of carbonyl (C=O) groups excluding carboxylic acids is 3. The van der Waals surface area contributed by atoms with Crippen molar-refractivity contribution in [2.45, 2.75) is 32.4 Å². The predicted molar refractivity (Wildman–Crippen MR) is 157 cm³/mol. The minimum atomic E-state index is -0.539. The molecule has 0 spiro atoms. The molecule has 0 atom stereocenters. The van der Waals surface area contributed by atoms with Crippen LogP contribution < -0.4 is 14.8 Å². The van der Waals surface area contributed by atoms with E-state index < -0.39 is 11.9 Å². The number of ether oxygens (including phenoxy) is 2. The molecule has 2 aliphatic rings. The average Bonchev–Trinajstić information content (AvgIpc) is 3.25. The molecular weight excluding hydrogens is 565 g/mol. The molecule has 3 aromatic rings. The molecule has 41 heavy (non-hydrogen) atoms. The van der Waals surface area contributed by atoms with Crippen LogP contribution in [0.15, 0.2) is 66.4 Å². The highest BCUT2D eigenvalue weighted by molar-refractivity contribution is 6.35. The van der Waals surface area contributed by atoms with Crippen molar-refractivity contribution >= 4 is 47.1 Å². The molecule has 212 valence electrons. The number of piperidine rings is 1. The van der Waals surface area contributed by atoms with Gasteiger partial charge in [-0.3, -0.25) is 14.5 Å². The summed E-state index contributed by atoms with van der Waals surface area (Å²) >= 11 is 12.2. The highest BCUT2D eigenvalue weighted by Gasteiger charge is 2.34. The Morgan fingerprint density at radius 1 is 0.951 bits per heavy atom. The van der Waals surface area contributed by atoms with Crippen LogP contribution in [0.5, 0.6) is 11.5 Å². The minimum Gasteiger partial charge on any atom is -0.493 e. The quantitative estimate of drug-likeness (QED) is 0.244. The third kappa shape index (κ3) is 6.66. The maximum Gasteiger partial charge on any atom is 0.329 e. The Morgan fingerprint density at radius 3 is 2.41 bits per heavy atom. The molecule has 1 N–H and O–H groups in total. The van der Waals surface area contributed by atoms with Gasteiger partial charge in [0.05, 0.1) is 13.7 Å². The zero-order valence-electron chi connectivity index (χ0n) is 22.5. The third-order valence-corrected chi connectivity index (χ3v) is 7.63. The Hall–Kier alpha value is -4.01. The van der Waals surface area contributed by atoms with Crippen LogP contribution in [0.3, 0.4) is 0 Å². The van der Waals surface area contributed by atoms with Crippen molar-refractivity contribution < 1.29 is 23.9 Å². The summed E-state index contributed by atoms with van der Waals surface area (Å²) in [6, 6.07) is 17.0. The summed E-state index contributed by atoms with van der Waals surface area (Å²) in [4.78, 5) is 41.2. The second kappa shape index (κ2) is 12.7. The summed E-state index contributed by atoms with van der Waals surface area (Å²) in [5, 5.41) is 3.46. The van der Waals surface area contributed by atoms with Gasteiger partial charge >= 0.3 is 6.03 Å². The third-order valence-electron chi connectivity index (χ3n) is 7.04. The lowest BCUT2D eigenvalue weighted by molar-refractivity contribution is -0.123. The first-order chi connectivity index (χ1) is 19.8. The van der Waals surface area contributed by atoms with E-state index in [1.807, 2.05) is 29.2 Å². The van der Waals surface area contributed by atoms with Gasteiger partial charge in [0.15, 0.2) is 11.5 Å². The molecule has 0 radical (unpaired) electrons. The molecule has 0 aromatic heterocycles. The van der Waals surface area contributed by atoms with Gasteiger partial charge in [-0.1, -0.05) is 47.5 Å². The molecule has 4 amide bonds. The number of nitrogens with one attached hydrogen (secondary N) is 1. The molecule has 0 bridgehead atoms. The van der Waals surface area contributed by atoms with E-state index in [9.17, 15) is 14.4 Å². The van der Waals surface area contributed by atoms with E-state index in [-0.39, 0.29) is 24.8 Å². The summed E-state index contributed by atoms with van der Waals surface area (Å²) in [5.74, 6) is 0.585. The van der Waals surface area contributed by atoms with Crippen LogP contribution in [0.25, 0.3) is 6.08 Å². The molecule has 3 aromatic carbocycles. The Kier molecular flexibility index (Phi) is 8.81.